The van der Waals surface area contributed by atoms with Crippen LogP contribution in [0.25, 0.3) is 0 Å². The van der Waals surface area contributed by atoms with Gasteiger partial charge in [0.15, 0.2) is 17.1 Å². The molecule has 5 heteroatoms. The summed E-state index contributed by atoms with van der Waals surface area (Å²) in [5, 5.41) is 9.78. The van der Waals surface area contributed by atoms with Crippen LogP contribution in [0.1, 0.15) is 37.3 Å². The van der Waals surface area contributed by atoms with Crippen LogP contribution in [0, 0.1) is 0 Å². The minimum Gasteiger partial charge on any atom is -0.393 e. The van der Waals surface area contributed by atoms with Crippen molar-refractivity contribution in [3.8, 4) is 0 Å². The lowest BCUT2D eigenvalue weighted by atomic mass is 9.91. The van der Waals surface area contributed by atoms with Crippen LogP contribution in [0.15, 0.2) is 24.5 Å². The average Bonchev–Trinajstić information content (AvgIpc) is 3.06. The summed E-state index contributed by atoms with van der Waals surface area (Å²) < 4.78 is 0. The molecule has 1 aromatic rings. The maximum Gasteiger partial charge on any atom is 0.163 e. The Kier molecular flexibility index (Phi) is 3.40. The SMILES string of the molecule is O=C1CCC(=O)C1(CO)N1CCCC1c1cccnc1. The predicted octanol–water partition coefficient (Wildman–Crippen LogP) is 0.882. The quantitative estimate of drug-likeness (QED) is 0.829. The summed E-state index contributed by atoms with van der Waals surface area (Å²) in [6, 6.07) is 3.81. The second kappa shape index (κ2) is 5.07. The fourth-order valence-corrected chi connectivity index (χ4v) is 3.53. The molecule has 1 saturated carbocycles. The molecular weight excluding hydrogens is 256 g/mol. The van der Waals surface area contributed by atoms with Crippen molar-refractivity contribution in [2.75, 3.05) is 13.2 Å². The van der Waals surface area contributed by atoms with Crippen LogP contribution in [-0.2, 0) is 9.59 Å². The van der Waals surface area contributed by atoms with E-state index in [1.165, 1.54) is 0 Å². The van der Waals surface area contributed by atoms with E-state index in [2.05, 4.69) is 4.98 Å². The highest BCUT2D eigenvalue weighted by atomic mass is 16.3. The van der Waals surface area contributed by atoms with Gasteiger partial charge in [-0.2, -0.15) is 0 Å². The van der Waals surface area contributed by atoms with E-state index < -0.39 is 12.1 Å². The molecule has 0 amide bonds. The van der Waals surface area contributed by atoms with Gasteiger partial charge in [0.2, 0.25) is 0 Å². The van der Waals surface area contributed by atoms with Crippen molar-refractivity contribution in [1.29, 1.82) is 0 Å². The highest BCUT2D eigenvalue weighted by Gasteiger charge is 2.56. The molecule has 0 aromatic carbocycles. The first kappa shape index (κ1) is 13.4. The number of hydrogen-bond acceptors (Lipinski definition) is 5. The van der Waals surface area contributed by atoms with Crippen LogP contribution in [0.3, 0.4) is 0 Å². The number of Topliss-reactive ketones (excluding diaryl/α,β-unsaturated/α-hetero) is 2. The number of pyridine rings is 1. The first-order valence-electron chi connectivity index (χ1n) is 7.04. The predicted molar refractivity (Wildman–Crippen MR) is 72.0 cm³/mol. The number of rotatable bonds is 3. The molecule has 1 saturated heterocycles. The van der Waals surface area contributed by atoms with Crippen LogP contribution in [0.2, 0.25) is 0 Å². The number of likely N-dealkylation sites (tertiary alicyclic amines) is 1. The van der Waals surface area contributed by atoms with Crippen LogP contribution in [0.5, 0.6) is 0 Å². The van der Waals surface area contributed by atoms with Gasteiger partial charge in [0.25, 0.3) is 0 Å². The zero-order valence-electron chi connectivity index (χ0n) is 11.3. The highest BCUT2D eigenvalue weighted by Crippen LogP contribution is 2.41. The van der Waals surface area contributed by atoms with Crippen LogP contribution >= 0.6 is 0 Å². The Morgan fingerprint density at radius 3 is 2.70 bits per heavy atom. The topological polar surface area (TPSA) is 70.5 Å². The molecule has 3 rings (SSSR count). The molecule has 5 nitrogen and oxygen atoms in total. The number of carbonyl (C=O) groups excluding carboxylic acids is 2. The van der Waals surface area contributed by atoms with Crippen LogP contribution in [0.4, 0.5) is 0 Å². The molecule has 0 spiro atoms. The third-order valence-electron chi connectivity index (χ3n) is 4.54. The zero-order valence-corrected chi connectivity index (χ0v) is 11.3. The van der Waals surface area contributed by atoms with Crippen LogP contribution in [-0.4, -0.2) is 45.2 Å². The number of aliphatic hydroxyl groups is 1. The molecule has 2 fully saturated rings. The smallest absolute Gasteiger partial charge is 0.163 e. The highest BCUT2D eigenvalue weighted by molar-refractivity contribution is 6.17. The number of nitrogens with zero attached hydrogens (tertiary/aromatic N) is 2. The van der Waals surface area contributed by atoms with Crippen molar-refractivity contribution in [2.24, 2.45) is 0 Å². The summed E-state index contributed by atoms with van der Waals surface area (Å²) in [5.41, 5.74) is -0.304. The van der Waals surface area contributed by atoms with E-state index >= 15 is 0 Å². The summed E-state index contributed by atoms with van der Waals surface area (Å²) >= 11 is 0. The minimum absolute atomic E-state index is 0.0122. The normalized spacial score (nSPS) is 26.4. The molecule has 1 aliphatic heterocycles. The standard InChI is InChI=1S/C15H18N2O3/c18-10-15(13(19)5-6-14(15)20)17-8-2-4-12(17)11-3-1-7-16-9-11/h1,3,7,9,12,18H,2,4-6,8,10H2. The van der Waals surface area contributed by atoms with Crippen molar-refractivity contribution in [2.45, 2.75) is 37.3 Å². The molecule has 2 heterocycles. The Bertz CT molecular complexity index is 513. The lowest BCUT2D eigenvalue weighted by Gasteiger charge is -2.38. The fraction of sp³-hybridized carbons (Fsp3) is 0.533. The minimum atomic E-state index is -1.31. The first-order valence-corrected chi connectivity index (χ1v) is 7.04. The van der Waals surface area contributed by atoms with Gasteiger partial charge in [-0.1, -0.05) is 6.07 Å². The fourth-order valence-electron chi connectivity index (χ4n) is 3.53. The van der Waals surface area contributed by atoms with Crippen molar-refractivity contribution < 1.29 is 14.7 Å². The summed E-state index contributed by atoms with van der Waals surface area (Å²) in [4.78, 5) is 30.5. The Balaban J connectivity index is 1.99. The molecule has 106 valence electrons. The number of hydrogen-bond donors (Lipinski definition) is 1. The van der Waals surface area contributed by atoms with E-state index in [0.29, 0.717) is 6.54 Å². The van der Waals surface area contributed by atoms with Gasteiger partial charge in [-0.25, -0.2) is 0 Å². The van der Waals surface area contributed by atoms with E-state index in [1.807, 2.05) is 17.0 Å². The van der Waals surface area contributed by atoms with Gasteiger partial charge in [0, 0.05) is 37.8 Å². The van der Waals surface area contributed by atoms with Crippen molar-refractivity contribution in [3.05, 3.63) is 30.1 Å². The van der Waals surface area contributed by atoms with Gasteiger partial charge >= 0.3 is 0 Å². The molecule has 1 N–H and O–H groups in total. The second-order valence-corrected chi connectivity index (χ2v) is 5.50. The number of ketones is 2. The summed E-state index contributed by atoms with van der Waals surface area (Å²) in [6.07, 6.45) is 5.77. The summed E-state index contributed by atoms with van der Waals surface area (Å²) in [5.74, 6) is -0.276. The van der Waals surface area contributed by atoms with E-state index in [4.69, 9.17) is 0 Å². The summed E-state index contributed by atoms with van der Waals surface area (Å²) in [7, 11) is 0. The third kappa shape index (κ3) is 1.81. The van der Waals surface area contributed by atoms with Crippen molar-refractivity contribution in [1.82, 2.24) is 9.88 Å². The van der Waals surface area contributed by atoms with E-state index in [9.17, 15) is 14.7 Å². The lowest BCUT2D eigenvalue weighted by molar-refractivity contribution is -0.142. The first-order chi connectivity index (χ1) is 9.70. The zero-order chi connectivity index (χ0) is 14.2. The molecule has 0 radical (unpaired) electrons. The third-order valence-corrected chi connectivity index (χ3v) is 4.54. The Labute approximate surface area is 117 Å². The molecule has 1 aliphatic carbocycles. The molecule has 1 atom stereocenters. The van der Waals surface area contributed by atoms with Crippen LogP contribution < -0.4 is 0 Å². The van der Waals surface area contributed by atoms with Crippen molar-refractivity contribution in [3.63, 3.8) is 0 Å². The van der Waals surface area contributed by atoms with Gasteiger partial charge < -0.3 is 5.11 Å². The number of aliphatic hydroxyl groups excluding tert-OH is 1. The van der Waals surface area contributed by atoms with Gasteiger partial charge in [0.05, 0.1) is 6.61 Å². The van der Waals surface area contributed by atoms with E-state index in [-0.39, 0.29) is 30.4 Å². The van der Waals surface area contributed by atoms with Gasteiger partial charge in [-0.05, 0) is 24.5 Å². The molecule has 1 aromatic heterocycles. The molecule has 2 aliphatic rings. The Morgan fingerprint density at radius 2 is 2.10 bits per heavy atom. The van der Waals surface area contributed by atoms with Gasteiger partial charge in [0.1, 0.15) is 0 Å². The number of aromatic nitrogens is 1. The average molecular weight is 274 g/mol. The summed E-state index contributed by atoms with van der Waals surface area (Å²) in [6.45, 7) is 0.249. The van der Waals surface area contributed by atoms with E-state index in [1.54, 1.807) is 12.4 Å². The Morgan fingerprint density at radius 1 is 1.35 bits per heavy atom. The number of carbonyl (C=O) groups is 2. The maximum atomic E-state index is 12.3. The van der Waals surface area contributed by atoms with Crippen molar-refractivity contribution >= 4 is 11.6 Å². The maximum absolute atomic E-state index is 12.3. The van der Waals surface area contributed by atoms with E-state index in [0.717, 1.165) is 18.4 Å². The monoisotopic (exact) mass is 274 g/mol. The molecule has 0 bridgehead atoms. The van der Waals surface area contributed by atoms with Gasteiger partial charge in [-0.15, -0.1) is 0 Å². The largest absolute Gasteiger partial charge is 0.393 e. The lowest BCUT2D eigenvalue weighted by Crippen LogP contribution is -2.58. The molecule has 20 heavy (non-hydrogen) atoms. The second-order valence-electron chi connectivity index (χ2n) is 5.50. The molecular formula is C15H18N2O3. The Hall–Kier alpha value is -1.59. The molecule has 1 unspecified atom stereocenters. The van der Waals surface area contributed by atoms with Gasteiger partial charge in [-0.3, -0.25) is 19.5 Å².